The summed E-state index contributed by atoms with van der Waals surface area (Å²) in [7, 11) is 0. The summed E-state index contributed by atoms with van der Waals surface area (Å²) in [6.07, 6.45) is 17.5. The quantitative estimate of drug-likeness (QED) is 0.129. The summed E-state index contributed by atoms with van der Waals surface area (Å²) >= 11 is 0. The number of benzene rings is 4. The van der Waals surface area contributed by atoms with Gasteiger partial charge in [-0.15, -0.1) is 29.8 Å². The van der Waals surface area contributed by atoms with E-state index >= 15 is 0 Å². The molecule has 0 unspecified atom stereocenters. The molecule has 8 rings (SSSR count). The van der Waals surface area contributed by atoms with E-state index in [0.717, 1.165) is 28.0 Å². The Hall–Kier alpha value is -3.79. The first-order chi connectivity index (χ1) is 22.7. The van der Waals surface area contributed by atoms with Crippen LogP contribution in [0.5, 0.6) is 0 Å². The third-order valence-corrected chi connectivity index (χ3v) is 9.64. The van der Waals surface area contributed by atoms with E-state index in [9.17, 15) is 0 Å². The molecule has 0 spiro atoms. The fourth-order valence-corrected chi connectivity index (χ4v) is 7.52. The molecule has 2 heterocycles. The number of pyridine rings is 1. The predicted octanol–water partition coefficient (Wildman–Crippen LogP) is 12.0. The van der Waals surface area contributed by atoms with Crippen molar-refractivity contribution in [2.24, 2.45) is 4.99 Å². The summed E-state index contributed by atoms with van der Waals surface area (Å²) in [6, 6.07) is 34.2. The van der Waals surface area contributed by atoms with Crippen molar-refractivity contribution in [3.8, 4) is 11.3 Å². The van der Waals surface area contributed by atoms with Crippen LogP contribution < -0.4 is 4.90 Å². The molecule has 1 radical (unpaired) electrons. The van der Waals surface area contributed by atoms with Gasteiger partial charge in [0.15, 0.2) is 0 Å². The smallest absolute Gasteiger partial charge is 0.0502 e. The van der Waals surface area contributed by atoms with Crippen molar-refractivity contribution in [3.63, 3.8) is 0 Å². The van der Waals surface area contributed by atoms with Gasteiger partial charge >= 0.3 is 0 Å². The van der Waals surface area contributed by atoms with E-state index < -0.39 is 0 Å². The molecule has 0 bridgehead atoms. The van der Waals surface area contributed by atoms with Crippen molar-refractivity contribution in [3.05, 3.63) is 114 Å². The van der Waals surface area contributed by atoms with Crippen LogP contribution in [-0.2, 0) is 20.1 Å². The van der Waals surface area contributed by atoms with Gasteiger partial charge in [-0.05, 0) is 43.4 Å². The van der Waals surface area contributed by atoms with Gasteiger partial charge in [0.1, 0.15) is 0 Å². The Kier molecular flexibility index (Phi) is 10.9. The summed E-state index contributed by atoms with van der Waals surface area (Å²) in [5.74, 6) is 0. The van der Waals surface area contributed by atoms with Gasteiger partial charge in [-0.3, -0.25) is 4.99 Å². The van der Waals surface area contributed by atoms with E-state index in [-0.39, 0.29) is 20.1 Å². The first kappa shape index (κ1) is 33.1. The number of hydrogen-bond donors (Lipinski definition) is 0. The fraction of sp³-hybridized carbons (Fsp3) is 0.333. The van der Waals surface area contributed by atoms with Crippen LogP contribution in [0.2, 0.25) is 0 Å². The van der Waals surface area contributed by atoms with Gasteiger partial charge in [0, 0.05) is 60.2 Å². The van der Waals surface area contributed by atoms with Gasteiger partial charge in [-0.1, -0.05) is 130 Å². The largest absolute Gasteiger partial charge is 0.685 e. The molecule has 5 heteroatoms. The number of para-hydroxylation sites is 1. The summed E-state index contributed by atoms with van der Waals surface area (Å²) in [5.41, 5.74) is 7.85. The molecule has 4 aromatic carbocycles. The van der Waals surface area contributed by atoms with Crippen LogP contribution in [0.25, 0.3) is 38.1 Å². The Morgan fingerprint density at radius 2 is 1.51 bits per heavy atom. The average molecular weight is 797 g/mol. The van der Waals surface area contributed by atoms with Crippen LogP contribution in [0, 0.1) is 6.07 Å². The minimum absolute atomic E-state index is 0. The molecule has 243 valence electrons. The molecular weight excluding hydrogens is 753 g/mol. The molecule has 5 aromatic rings. The molecule has 2 saturated carbocycles. The molecule has 1 aliphatic heterocycles. The minimum atomic E-state index is 0. The number of rotatable bonds is 5. The Morgan fingerprint density at radius 3 is 2.30 bits per heavy atom. The number of nitrogens with zero attached hydrogens (tertiary/aromatic N) is 4. The fourth-order valence-electron chi connectivity index (χ4n) is 7.52. The summed E-state index contributed by atoms with van der Waals surface area (Å²) in [4.78, 5) is 12.1. The Bertz CT molecular complexity index is 1860. The normalized spacial score (nSPS) is 17.0. The zero-order valence-corrected chi connectivity index (χ0v) is 30.0. The van der Waals surface area contributed by atoms with Crippen molar-refractivity contribution in [2.75, 3.05) is 4.90 Å². The van der Waals surface area contributed by atoms with Crippen molar-refractivity contribution < 1.29 is 20.1 Å². The Balaban J connectivity index is 0.000000172. The summed E-state index contributed by atoms with van der Waals surface area (Å²) in [6.45, 7) is 4.27. The molecule has 2 aliphatic carbocycles. The van der Waals surface area contributed by atoms with Gasteiger partial charge < -0.3 is 15.2 Å². The van der Waals surface area contributed by atoms with Crippen molar-refractivity contribution >= 4 is 44.3 Å². The summed E-state index contributed by atoms with van der Waals surface area (Å²) < 4.78 is 0. The average Bonchev–Trinajstić information content (AvgIpc) is 3.10. The van der Waals surface area contributed by atoms with Crippen LogP contribution in [0.4, 0.5) is 17.1 Å². The molecule has 47 heavy (non-hydrogen) atoms. The first-order valence-corrected chi connectivity index (χ1v) is 17.3. The van der Waals surface area contributed by atoms with E-state index in [0.29, 0.717) is 12.1 Å². The van der Waals surface area contributed by atoms with Gasteiger partial charge in [0.25, 0.3) is 0 Å². The third kappa shape index (κ3) is 7.37. The molecule has 1 aromatic heterocycles. The van der Waals surface area contributed by atoms with Crippen LogP contribution >= 0.6 is 0 Å². The van der Waals surface area contributed by atoms with Crippen molar-refractivity contribution in [2.45, 2.75) is 90.1 Å². The van der Waals surface area contributed by atoms with E-state index in [1.807, 2.05) is 12.3 Å². The number of anilines is 3. The zero-order valence-electron chi connectivity index (χ0n) is 27.6. The monoisotopic (exact) mass is 797 g/mol. The number of hydrogen-bond acceptors (Lipinski definition) is 3. The van der Waals surface area contributed by atoms with E-state index in [1.54, 1.807) is 0 Å². The predicted molar refractivity (Wildman–Crippen MR) is 196 cm³/mol. The summed E-state index contributed by atoms with van der Waals surface area (Å²) in [5, 5.41) is 9.61. The van der Waals surface area contributed by atoms with E-state index in [4.69, 9.17) is 15.3 Å². The second-order valence-corrected chi connectivity index (χ2v) is 13.1. The Morgan fingerprint density at radius 1 is 0.809 bits per heavy atom. The van der Waals surface area contributed by atoms with Crippen LogP contribution in [0.15, 0.2) is 108 Å². The first-order valence-electron chi connectivity index (χ1n) is 17.3. The third-order valence-electron chi connectivity index (χ3n) is 9.64. The van der Waals surface area contributed by atoms with Gasteiger partial charge in [0.2, 0.25) is 0 Å². The number of fused-ring (bicyclic) bond motifs is 4. The number of allylic oxidation sites excluding steroid dienone is 2. The molecule has 0 saturated heterocycles. The van der Waals surface area contributed by atoms with E-state index in [2.05, 4.69) is 110 Å². The molecule has 0 N–H and O–H groups in total. The SMILES string of the molecule is CC(/C=C(/C)[N-]C1CCCCC1)=NC1CCCCC1.[Ir].[c-]1ccc2cccc3c2c1-c1ncc2ccccc2c1N3c1ccccc1. The van der Waals surface area contributed by atoms with Crippen molar-refractivity contribution in [1.29, 1.82) is 0 Å². The molecule has 0 amide bonds. The van der Waals surface area contributed by atoms with Crippen LogP contribution in [0.1, 0.15) is 78.1 Å². The number of aromatic nitrogens is 1. The van der Waals surface area contributed by atoms with Crippen LogP contribution in [-0.4, -0.2) is 22.8 Å². The standard InChI is InChI=1S/C25H15N2.C17H29N2.Ir/c1-2-11-19(12-3-1)27-22-15-7-10-17-9-6-14-21(23(17)22)24-25(27)20-13-5-4-8-18(20)16-26-24;1-14(18-16-9-5-3-6-10-16)13-15(2)19-17-11-7-4-8-12-17;/h1-13,15-16H;13,16-17H,3-12H2,1-2H3;/q2*-1;/b;14-13-,19-15?;. The number of aliphatic imine (C=N–C) groups is 1. The van der Waals surface area contributed by atoms with Gasteiger partial charge in [-0.2, -0.15) is 5.70 Å². The second-order valence-electron chi connectivity index (χ2n) is 13.1. The maximum Gasteiger partial charge on any atom is 0.0502 e. The topological polar surface area (TPSA) is 42.6 Å². The zero-order chi connectivity index (χ0) is 31.3. The Labute approximate surface area is 293 Å². The van der Waals surface area contributed by atoms with Gasteiger partial charge in [-0.25, -0.2) is 0 Å². The van der Waals surface area contributed by atoms with Crippen molar-refractivity contribution in [1.82, 2.24) is 4.98 Å². The minimum Gasteiger partial charge on any atom is -0.685 e. The maximum absolute atomic E-state index is 4.87. The molecule has 0 atom stereocenters. The molecular formula is C42H44IrN4-2. The van der Waals surface area contributed by atoms with E-state index in [1.165, 1.54) is 97.5 Å². The maximum atomic E-state index is 4.87. The molecule has 2 fully saturated rings. The second kappa shape index (κ2) is 15.4. The molecule has 4 nitrogen and oxygen atoms in total. The molecule has 3 aliphatic rings. The van der Waals surface area contributed by atoms with Crippen LogP contribution in [0.3, 0.4) is 0 Å². The van der Waals surface area contributed by atoms with Gasteiger partial charge in [0.05, 0.1) is 6.04 Å².